The standard InChI is InChI=1S/C13H19ClN2/c1-10-3-2-6-16(8-10)9-11-7-12(15)4-5-13(11)14/h4-5,7,10H,2-3,6,8-9,15H2,1H3. The molecule has 1 aliphatic heterocycles. The molecule has 88 valence electrons. The van der Waals surface area contributed by atoms with Crippen LogP contribution in [0.25, 0.3) is 0 Å². The largest absolute Gasteiger partial charge is 0.399 e. The maximum Gasteiger partial charge on any atom is 0.0452 e. The molecule has 2 N–H and O–H groups in total. The summed E-state index contributed by atoms with van der Waals surface area (Å²) in [6.45, 7) is 5.59. The molecule has 1 aromatic rings. The molecule has 2 nitrogen and oxygen atoms in total. The van der Waals surface area contributed by atoms with Crippen molar-refractivity contribution < 1.29 is 0 Å². The van der Waals surface area contributed by atoms with Crippen LogP contribution in [0.5, 0.6) is 0 Å². The summed E-state index contributed by atoms with van der Waals surface area (Å²) in [5.41, 5.74) is 7.73. The van der Waals surface area contributed by atoms with Gasteiger partial charge in [-0.25, -0.2) is 0 Å². The zero-order valence-corrected chi connectivity index (χ0v) is 10.5. The molecule has 0 saturated carbocycles. The number of nitrogens with two attached hydrogens (primary N) is 1. The zero-order chi connectivity index (χ0) is 11.5. The summed E-state index contributed by atoms with van der Waals surface area (Å²) in [7, 11) is 0. The highest BCUT2D eigenvalue weighted by Crippen LogP contribution is 2.23. The van der Waals surface area contributed by atoms with E-state index in [1.165, 1.54) is 25.9 Å². The van der Waals surface area contributed by atoms with Crippen molar-refractivity contribution in [3.8, 4) is 0 Å². The second-order valence-electron chi connectivity index (χ2n) is 4.83. The molecule has 0 aliphatic carbocycles. The number of nitrogens with zero attached hydrogens (tertiary/aromatic N) is 1. The van der Waals surface area contributed by atoms with E-state index in [1.54, 1.807) is 0 Å². The van der Waals surface area contributed by atoms with Gasteiger partial charge in [0, 0.05) is 23.8 Å². The molecule has 1 aliphatic rings. The summed E-state index contributed by atoms with van der Waals surface area (Å²) < 4.78 is 0. The van der Waals surface area contributed by atoms with E-state index in [1.807, 2.05) is 18.2 Å². The molecule has 1 aromatic carbocycles. The third-order valence-corrected chi connectivity index (χ3v) is 3.57. The summed E-state index contributed by atoms with van der Waals surface area (Å²) >= 11 is 6.17. The Morgan fingerprint density at radius 3 is 3.06 bits per heavy atom. The second-order valence-corrected chi connectivity index (χ2v) is 5.24. The Kier molecular flexibility index (Phi) is 3.72. The first-order chi connectivity index (χ1) is 7.65. The minimum atomic E-state index is 0.796. The normalized spacial score (nSPS) is 22.2. The van der Waals surface area contributed by atoms with Crippen LogP contribution in [0.2, 0.25) is 5.02 Å². The van der Waals surface area contributed by atoms with Gasteiger partial charge in [-0.2, -0.15) is 0 Å². The highest BCUT2D eigenvalue weighted by molar-refractivity contribution is 6.31. The molecule has 2 rings (SSSR count). The molecule has 16 heavy (non-hydrogen) atoms. The first kappa shape index (κ1) is 11.7. The number of hydrogen-bond acceptors (Lipinski definition) is 2. The monoisotopic (exact) mass is 238 g/mol. The average Bonchev–Trinajstić information content (AvgIpc) is 2.24. The topological polar surface area (TPSA) is 29.3 Å². The van der Waals surface area contributed by atoms with Gasteiger partial charge in [-0.15, -0.1) is 0 Å². The second kappa shape index (κ2) is 5.07. The average molecular weight is 239 g/mol. The molecule has 0 bridgehead atoms. The molecular weight excluding hydrogens is 220 g/mol. The Labute approximate surface area is 102 Å². The fourth-order valence-corrected chi connectivity index (χ4v) is 2.56. The molecule has 1 saturated heterocycles. The van der Waals surface area contributed by atoms with E-state index >= 15 is 0 Å². The first-order valence-electron chi connectivity index (χ1n) is 5.91. The van der Waals surface area contributed by atoms with Gasteiger partial charge in [-0.3, -0.25) is 4.90 Å². The number of halogens is 1. The van der Waals surface area contributed by atoms with Crippen molar-refractivity contribution >= 4 is 17.3 Å². The summed E-state index contributed by atoms with van der Waals surface area (Å²) in [4.78, 5) is 2.47. The van der Waals surface area contributed by atoms with E-state index in [4.69, 9.17) is 17.3 Å². The van der Waals surface area contributed by atoms with Crippen molar-refractivity contribution in [3.05, 3.63) is 28.8 Å². The third-order valence-electron chi connectivity index (χ3n) is 3.20. The fourth-order valence-electron chi connectivity index (χ4n) is 2.39. The lowest BCUT2D eigenvalue weighted by Gasteiger charge is -2.31. The van der Waals surface area contributed by atoms with Crippen LogP contribution < -0.4 is 5.73 Å². The molecule has 0 spiro atoms. The third kappa shape index (κ3) is 2.89. The molecular formula is C13H19ClN2. The molecule has 1 heterocycles. The summed E-state index contributed by atoms with van der Waals surface area (Å²) in [5.74, 6) is 0.800. The highest BCUT2D eigenvalue weighted by atomic mass is 35.5. The lowest BCUT2D eigenvalue weighted by molar-refractivity contribution is 0.176. The Hall–Kier alpha value is -0.730. The Morgan fingerprint density at radius 2 is 2.31 bits per heavy atom. The number of rotatable bonds is 2. The van der Waals surface area contributed by atoms with Gasteiger partial charge in [0.2, 0.25) is 0 Å². The van der Waals surface area contributed by atoms with E-state index in [-0.39, 0.29) is 0 Å². The maximum absolute atomic E-state index is 6.17. The van der Waals surface area contributed by atoms with Crippen molar-refractivity contribution in [1.29, 1.82) is 0 Å². The van der Waals surface area contributed by atoms with E-state index in [0.717, 1.165) is 28.7 Å². The van der Waals surface area contributed by atoms with E-state index < -0.39 is 0 Å². The zero-order valence-electron chi connectivity index (χ0n) is 9.75. The Morgan fingerprint density at radius 1 is 1.50 bits per heavy atom. The molecule has 1 unspecified atom stereocenters. The van der Waals surface area contributed by atoms with Crippen molar-refractivity contribution in [2.45, 2.75) is 26.3 Å². The minimum absolute atomic E-state index is 0.796. The van der Waals surface area contributed by atoms with Crippen LogP contribution in [0.1, 0.15) is 25.3 Å². The van der Waals surface area contributed by atoms with E-state index in [9.17, 15) is 0 Å². The summed E-state index contributed by atoms with van der Waals surface area (Å²) in [6.07, 6.45) is 2.64. The van der Waals surface area contributed by atoms with Gasteiger partial charge in [0.15, 0.2) is 0 Å². The quantitative estimate of drug-likeness (QED) is 0.802. The van der Waals surface area contributed by atoms with Gasteiger partial charge in [0.25, 0.3) is 0 Å². The first-order valence-corrected chi connectivity index (χ1v) is 6.29. The van der Waals surface area contributed by atoms with Crippen LogP contribution in [0.3, 0.4) is 0 Å². The highest BCUT2D eigenvalue weighted by Gasteiger charge is 2.17. The van der Waals surface area contributed by atoms with E-state index in [0.29, 0.717) is 0 Å². The van der Waals surface area contributed by atoms with Crippen LogP contribution in [0.4, 0.5) is 5.69 Å². The number of likely N-dealkylation sites (tertiary alicyclic amines) is 1. The van der Waals surface area contributed by atoms with E-state index in [2.05, 4.69) is 11.8 Å². The molecule has 0 aromatic heterocycles. The lowest BCUT2D eigenvalue weighted by atomic mass is 10.00. The molecule has 0 radical (unpaired) electrons. The van der Waals surface area contributed by atoms with Crippen molar-refractivity contribution in [3.63, 3.8) is 0 Å². The maximum atomic E-state index is 6.17. The number of hydrogen-bond donors (Lipinski definition) is 1. The van der Waals surface area contributed by atoms with Crippen LogP contribution in [-0.2, 0) is 6.54 Å². The molecule has 1 atom stereocenters. The molecule has 0 amide bonds. The van der Waals surface area contributed by atoms with Gasteiger partial charge in [-0.05, 0) is 49.1 Å². The van der Waals surface area contributed by atoms with Crippen LogP contribution in [-0.4, -0.2) is 18.0 Å². The minimum Gasteiger partial charge on any atom is -0.399 e. The molecule has 1 fully saturated rings. The summed E-state index contributed by atoms with van der Waals surface area (Å²) in [6, 6.07) is 5.73. The predicted molar refractivity (Wildman–Crippen MR) is 69.5 cm³/mol. The fraction of sp³-hybridized carbons (Fsp3) is 0.538. The lowest BCUT2D eigenvalue weighted by Crippen LogP contribution is -2.33. The number of piperidine rings is 1. The predicted octanol–water partition coefficient (Wildman–Crippen LogP) is 3.15. The smallest absolute Gasteiger partial charge is 0.0452 e. The number of nitrogen functional groups attached to an aromatic ring is 1. The number of benzene rings is 1. The molecule has 3 heteroatoms. The van der Waals surface area contributed by atoms with Crippen LogP contribution in [0.15, 0.2) is 18.2 Å². The van der Waals surface area contributed by atoms with Gasteiger partial charge < -0.3 is 5.73 Å². The van der Waals surface area contributed by atoms with Crippen LogP contribution >= 0.6 is 11.6 Å². The van der Waals surface area contributed by atoms with Crippen molar-refractivity contribution in [2.75, 3.05) is 18.8 Å². The van der Waals surface area contributed by atoms with Gasteiger partial charge >= 0.3 is 0 Å². The van der Waals surface area contributed by atoms with Gasteiger partial charge in [-0.1, -0.05) is 18.5 Å². The van der Waals surface area contributed by atoms with Crippen LogP contribution in [0, 0.1) is 5.92 Å². The van der Waals surface area contributed by atoms with Gasteiger partial charge in [0.1, 0.15) is 0 Å². The van der Waals surface area contributed by atoms with Gasteiger partial charge in [0.05, 0.1) is 0 Å². The van der Waals surface area contributed by atoms with Crippen molar-refractivity contribution in [1.82, 2.24) is 4.90 Å². The summed E-state index contributed by atoms with van der Waals surface area (Å²) in [5, 5.41) is 0.826. The Bertz CT molecular complexity index is 365. The SMILES string of the molecule is CC1CCCN(Cc2cc(N)ccc2Cl)C1. The van der Waals surface area contributed by atoms with Crippen molar-refractivity contribution in [2.24, 2.45) is 5.92 Å². The Balaban J connectivity index is 2.05. The number of anilines is 1.